The van der Waals surface area contributed by atoms with Gasteiger partial charge in [0.05, 0.1) is 16.1 Å². The van der Waals surface area contributed by atoms with Crippen molar-refractivity contribution in [3.63, 3.8) is 0 Å². The van der Waals surface area contributed by atoms with E-state index in [-0.39, 0.29) is 6.10 Å². The second-order valence-corrected chi connectivity index (χ2v) is 5.16. The molecule has 0 saturated carbocycles. The van der Waals surface area contributed by atoms with Crippen LogP contribution in [0.25, 0.3) is 0 Å². The molecule has 0 aliphatic heterocycles. The van der Waals surface area contributed by atoms with Crippen LogP contribution in [0.3, 0.4) is 0 Å². The molecule has 108 valence electrons. The van der Waals surface area contributed by atoms with E-state index in [1.807, 2.05) is 13.8 Å². The van der Waals surface area contributed by atoms with Crippen molar-refractivity contribution in [3.05, 3.63) is 16.1 Å². The van der Waals surface area contributed by atoms with Gasteiger partial charge in [0.1, 0.15) is 5.82 Å². The molecule has 0 unspecified atom stereocenters. The maximum Gasteiger partial charge on any atom is 0.161 e. The van der Waals surface area contributed by atoms with Gasteiger partial charge in [-0.05, 0) is 32.8 Å². The fourth-order valence-corrected chi connectivity index (χ4v) is 1.92. The molecule has 1 rings (SSSR count). The monoisotopic (exact) mass is 306 g/mol. The Bertz CT molecular complexity index is 402. The molecule has 0 radical (unpaired) electrons. The Labute approximate surface area is 123 Å². The van der Waals surface area contributed by atoms with E-state index in [2.05, 4.69) is 15.7 Å². The number of hydrogen-bond acceptors (Lipinski definition) is 5. The van der Waals surface area contributed by atoms with E-state index in [1.54, 1.807) is 6.07 Å². The van der Waals surface area contributed by atoms with E-state index in [9.17, 15) is 0 Å². The molecule has 4 N–H and O–H groups in total. The summed E-state index contributed by atoms with van der Waals surface area (Å²) in [6.07, 6.45) is 2.23. The average Bonchev–Trinajstić information content (AvgIpc) is 2.35. The fraction of sp³-hybridized carbons (Fsp3) is 0.583. The van der Waals surface area contributed by atoms with Crippen molar-refractivity contribution in [2.45, 2.75) is 32.8 Å². The molecular weight excluding hydrogens is 287 g/mol. The normalized spacial score (nSPS) is 10.8. The lowest BCUT2D eigenvalue weighted by Crippen LogP contribution is -2.12. The highest BCUT2D eigenvalue weighted by molar-refractivity contribution is 6.37. The smallest absolute Gasteiger partial charge is 0.161 e. The van der Waals surface area contributed by atoms with E-state index in [0.717, 1.165) is 26.0 Å². The summed E-state index contributed by atoms with van der Waals surface area (Å²) >= 11 is 11.9. The third kappa shape index (κ3) is 5.82. The highest BCUT2D eigenvalue weighted by atomic mass is 35.5. The molecule has 0 atom stereocenters. The van der Waals surface area contributed by atoms with E-state index in [0.29, 0.717) is 21.7 Å². The molecule has 0 fully saturated rings. The second-order valence-electron chi connectivity index (χ2n) is 4.35. The Kier molecular flexibility index (Phi) is 7.23. The van der Waals surface area contributed by atoms with E-state index < -0.39 is 0 Å². The zero-order valence-corrected chi connectivity index (χ0v) is 12.7. The van der Waals surface area contributed by atoms with Crippen LogP contribution < -0.4 is 16.6 Å². The van der Waals surface area contributed by atoms with Crippen LogP contribution in [-0.4, -0.2) is 24.2 Å². The Balaban J connectivity index is 2.37. The zero-order valence-electron chi connectivity index (χ0n) is 11.2. The number of hydrazine groups is 1. The quantitative estimate of drug-likeness (QED) is 0.390. The predicted octanol–water partition coefficient (Wildman–Crippen LogP) is 3.29. The molecule has 0 spiro atoms. The first-order chi connectivity index (χ1) is 9.04. The second kappa shape index (κ2) is 8.43. The van der Waals surface area contributed by atoms with E-state index >= 15 is 0 Å². The zero-order chi connectivity index (χ0) is 14.3. The first-order valence-electron chi connectivity index (χ1n) is 6.22. The topological polar surface area (TPSA) is 72.2 Å². The lowest BCUT2D eigenvalue weighted by molar-refractivity contribution is 0.0765. The lowest BCUT2D eigenvalue weighted by atomic mass is 10.3. The first kappa shape index (κ1) is 16.3. The number of nitrogens with one attached hydrogen (secondary N) is 2. The van der Waals surface area contributed by atoms with Crippen molar-refractivity contribution in [2.75, 3.05) is 23.9 Å². The number of nitrogen functional groups attached to an aromatic ring is 1. The molecule has 0 aromatic carbocycles. The van der Waals surface area contributed by atoms with Gasteiger partial charge in [-0.3, -0.25) is 0 Å². The summed E-state index contributed by atoms with van der Waals surface area (Å²) in [7, 11) is 0. The Morgan fingerprint density at radius 1 is 1.26 bits per heavy atom. The van der Waals surface area contributed by atoms with Gasteiger partial charge in [-0.2, -0.15) is 0 Å². The number of halogens is 2. The summed E-state index contributed by atoms with van der Waals surface area (Å²) in [6.45, 7) is 5.57. The third-order valence-electron chi connectivity index (χ3n) is 2.38. The van der Waals surface area contributed by atoms with Crippen molar-refractivity contribution in [3.8, 4) is 0 Å². The van der Waals surface area contributed by atoms with E-state index in [4.69, 9.17) is 33.8 Å². The van der Waals surface area contributed by atoms with Gasteiger partial charge in [-0.25, -0.2) is 10.8 Å². The van der Waals surface area contributed by atoms with Crippen molar-refractivity contribution >= 4 is 34.8 Å². The van der Waals surface area contributed by atoms with Crippen LogP contribution in [0.1, 0.15) is 26.7 Å². The molecule has 0 bridgehead atoms. The van der Waals surface area contributed by atoms with Gasteiger partial charge in [-0.15, -0.1) is 0 Å². The van der Waals surface area contributed by atoms with Gasteiger partial charge in [0.25, 0.3) is 0 Å². The summed E-state index contributed by atoms with van der Waals surface area (Å²) in [5.41, 5.74) is 2.42. The van der Waals surface area contributed by atoms with Gasteiger partial charge >= 0.3 is 0 Å². The largest absolute Gasteiger partial charge is 0.379 e. The fourth-order valence-electron chi connectivity index (χ4n) is 1.44. The molecule has 5 nitrogen and oxygen atoms in total. The molecule has 0 amide bonds. The minimum Gasteiger partial charge on any atom is -0.379 e. The number of unbranched alkanes of at least 4 members (excludes halogenated alkanes) is 1. The predicted molar refractivity (Wildman–Crippen MR) is 80.9 cm³/mol. The van der Waals surface area contributed by atoms with Gasteiger partial charge in [-0.1, -0.05) is 23.2 Å². The SMILES string of the molecule is CC(C)OCCCCNc1nc(NN)c(Cl)cc1Cl. The highest BCUT2D eigenvalue weighted by Gasteiger charge is 2.07. The molecule has 0 aliphatic rings. The number of aromatic nitrogens is 1. The minimum absolute atomic E-state index is 0.276. The Morgan fingerprint density at radius 3 is 2.58 bits per heavy atom. The lowest BCUT2D eigenvalue weighted by Gasteiger charge is -2.11. The number of nitrogens with zero attached hydrogens (tertiary/aromatic N) is 1. The van der Waals surface area contributed by atoms with Crippen molar-refractivity contribution in [2.24, 2.45) is 5.84 Å². The summed E-state index contributed by atoms with van der Waals surface area (Å²) in [6, 6.07) is 1.61. The third-order valence-corrected chi connectivity index (χ3v) is 2.96. The summed E-state index contributed by atoms with van der Waals surface area (Å²) in [5.74, 6) is 6.28. The summed E-state index contributed by atoms with van der Waals surface area (Å²) in [4.78, 5) is 4.19. The van der Waals surface area contributed by atoms with Crippen LogP contribution in [0.2, 0.25) is 10.0 Å². The van der Waals surface area contributed by atoms with Crippen LogP contribution in [-0.2, 0) is 4.74 Å². The minimum atomic E-state index is 0.276. The molecule has 1 heterocycles. The van der Waals surface area contributed by atoms with Crippen LogP contribution in [0.15, 0.2) is 6.07 Å². The van der Waals surface area contributed by atoms with Crippen LogP contribution in [0.4, 0.5) is 11.6 Å². The Morgan fingerprint density at radius 2 is 1.95 bits per heavy atom. The molecule has 0 aliphatic carbocycles. The van der Waals surface area contributed by atoms with Crippen LogP contribution in [0, 0.1) is 0 Å². The number of anilines is 2. The number of rotatable bonds is 8. The Hall–Kier alpha value is -0.750. The summed E-state index contributed by atoms with van der Waals surface area (Å²) < 4.78 is 5.46. The molecule has 7 heteroatoms. The molecule has 0 saturated heterocycles. The number of nitrogens with two attached hydrogens (primary N) is 1. The van der Waals surface area contributed by atoms with Gasteiger partial charge < -0.3 is 15.5 Å². The van der Waals surface area contributed by atoms with Crippen LogP contribution >= 0.6 is 23.2 Å². The summed E-state index contributed by atoms with van der Waals surface area (Å²) in [5, 5.41) is 4.02. The van der Waals surface area contributed by atoms with Gasteiger partial charge in [0.2, 0.25) is 0 Å². The number of hydrogen-bond donors (Lipinski definition) is 3. The molecule has 1 aromatic heterocycles. The van der Waals surface area contributed by atoms with Crippen molar-refractivity contribution in [1.29, 1.82) is 0 Å². The highest BCUT2D eigenvalue weighted by Crippen LogP contribution is 2.28. The van der Waals surface area contributed by atoms with Crippen molar-refractivity contribution in [1.82, 2.24) is 4.98 Å². The van der Waals surface area contributed by atoms with Gasteiger partial charge in [0.15, 0.2) is 5.82 Å². The average molecular weight is 307 g/mol. The maximum atomic E-state index is 6.04. The van der Waals surface area contributed by atoms with E-state index in [1.165, 1.54) is 0 Å². The number of ether oxygens (including phenoxy) is 1. The van der Waals surface area contributed by atoms with Gasteiger partial charge in [0, 0.05) is 13.2 Å². The molecule has 1 aromatic rings. The first-order valence-corrected chi connectivity index (χ1v) is 6.98. The standard InChI is InChI=1S/C12H20Cl2N4O/c1-8(2)19-6-4-3-5-16-11-9(13)7-10(14)12(17-11)18-15/h7-8H,3-6,15H2,1-2H3,(H2,16,17,18). The number of pyridine rings is 1. The van der Waals surface area contributed by atoms with Crippen LogP contribution in [0.5, 0.6) is 0 Å². The maximum absolute atomic E-state index is 6.04. The van der Waals surface area contributed by atoms with Crippen molar-refractivity contribution < 1.29 is 4.74 Å². The molecular formula is C12H20Cl2N4O. The molecule has 19 heavy (non-hydrogen) atoms.